The van der Waals surface area contributed by atoms with Crippen molar-refractivity contribution in [1.29, 1.82) is 0 Å². The fourth-order valence-corrected chi connectivity index (χ4v) is 2.01. The number of halogens is 1. The Morgan fingerprint density at radius 1 is 1.28 bits per heavy atom. The molecule has 0 saturated heterocycles. The Bertz CT molecular complexity index is 560. The lowest BCUT2D eigenvalue weighted by molar-refractivity contribution is 0.207. The van der Waals surface area contributed by atoms with Gasteiger partial charge in [-0.25, -0.2) is 4.98 Å². The Hall–Kier alpha value is -1.46. The minimum atomic E-state index is -0.856. The van der Waals surface area contributed by atoms with Gasteiger partial charge in [0.1, 0.15) is 11.8 Å². The summed E-state index contributed by atoms with van der Waals surface area (Å²) < 4.78 is 6.04. The van der Waals surface area contributed by atoms with Crippen molar-refractivity contribution in [3.8, 4) is 5.88 Å². The summed E-state index contributed by atoms with van der Waals surface area (Å²) >= 11 is 3.44. The standard InChI is InChI=1S/C13H13BrN2O2/c1-8-3-4-9(7-10(8)14)12(17)11-13(18-2)16-6-5-15-11/h3-7,12,17H,1-2H3. The predicted molar refractivity (Wildman–Crippen MR) is 71.5 cm³/mol. The van der Waals surface area contributed by atoms with Gasteiger partial charge in [-0.15, -0.1) is 0 Å². The van der Waals surface area contributed by atoms with Crippen LogP contribution in [0.5, 0.6) is 5.88 Å². The lowest BCUT2D eigenvalue weighted by atomic mass is 10.1. The first-order chi connectivity index (χ1) is 8.63. The number of hydrogen-bond acceptors (Lipinski definition) is 4. The van der Waals surface area contributed by atoms with Crippen LogP contribution < -0.4 is 4.74 Å². The fourth-order valence-electron chi connectivity index (χ4n) is 1.62. The number of aryl methyl sites for hydroxylation is 1. The average molecular weight is 309 g/mol. The van der Waals surface area contributed by atoms with Crippen molar-refractivity contribution in [3.05, 3.63) is 51.9 Å². The van der Waals surface area contributed by atoms with Crippen molar-refractivity contribution >= 4 is 15.9 Å². The minimum Gasteiger partial charge on any atom is -0.480 e. The molecule has 1 aromatic heterocycles. The molecule has 5 heteroatoms. The van der Waals surface area contributed by atoms with Crippen LogP contribution in [0.1, 0.15) is 22.9 Å². The van der Waals surface area contributed by atoms with Crippen LogP contribution >= 0.6 is 15.9 Å². The molecule has 18 heavy (non-hydrogen) atoms. The van der Waals surface area contributed by atoms with Crippen molar-refractivity contribution in [3.63, 3.8) is 0 Å². The Morgan fingerprint density at radius 3 is 2.67 bits per heavy atom. The number of hydrogen-bond donors (Lipinski definition) is 1. The van der Waals surface area contributed by atoms with Crippen LogP contribution in [0.4, 0.5) is 0 Å². The van der Waals surface area contributed by atoms with Crippen molar-refractivity contribution in [2.45, 2.75) is 13.0 Å². The molecule has 94 valence electrons. The molecule has 0 aliphatic rings. The van der Waals surface area contributed by atoms with Crippen molar-refractivity contribution < 1.29 is 9.84 Å². The summed E-state index contributed by atoms with van der Waals surface area (Å²) in [4.78, 5) is 8.15. The van der Waals surface area contributed by atoms with Gasteiger partial charge in [0.25, 0.3) is 0 Å². The summed E-state index contributed by atoms with van der Waals surface area (Å²) in [5.74, 6) is 0.335. The third-order valence-electron chi connectivity index (χ3n) is 2.66. The molecular weight excluding hydrogens is 296 g/mol. The lowest BCUT2D eigenvalue weighted by Gasteiger charge is -2.13. The van der Waals surface area contributed by atoms with E-state index in [0.29, 0.717) is 11.6 Å². The summed E-state index contributed by atoms with van der Waals surface area (Å²) in [6.07, 6.45) is 2.20. The topological polar surface area (TPSA) is 55.2 Å². The van der Waals surface area contributed by atoms with Crippen molar-refractivity contribution in [2.75, 3.05) is 7.11 Å². The van der Waals surface area contributed by atoms with Crippen LogP contribution in [-0.2, 0) is 0 Å². The number of methoxy groups -OCH3 is 1. The van der Waals surface area contributed by atoms with E-state index in [0.717, 1.165) is 15.6 Å². The van der Waals surface area contributed by atoms with E-state index in [1.165, 1.54) is 19.5 Å². The van der Waals surface area contributed by atoms with Gasteiger partial charge < -0.3 is 9.84 Å². The number of benzene rings is 1. The number of rotatable bonds is 3. The van der Waals surface area contributed by atoms with E-state index < -0.39 is 6.10 Å². The minimum absolute atomic E-state index is 0.335. The summed E-state index contributed by atoms with van der Waals surface area (Å²) in [7, 11) is 1.51. The molecule has 1 atom stereocenters. The average Bonchev–Trinajstić information content (AvgIpc) is 2.41. The summed E-state index contributed by atoms with van der Waals surface area (Å²) in [6, 6.07) is 5.67. The number of aliphatic hydroxyl groups excluding tert-OH is 1. The van der Waals surface area contributed by atoms with Crippen LogP contribution in [0.25, 0.3) is 0 Å². The smallest absolute Gasteiger partial charge is 0.238 e. The fraction of sp³-hybridized carbons (Fsp3) is 0.231. The van der Waals surface area contributed by atoms with Gasteiger partial charge in [-0.2, -0.15) is 0 Å². The summed E-state index contributed by atoms with van der Waals surface area (Å²) in [5, 5.41) is 10.3. The second-order valence-electron chi connectivity index (χ2n) is 3.86. The molecule has 4 nitrogen and oxygen atoms in total. The molecule has 0 radical (unpaired) electrons. The molecule has 2 rings (SSSR count). The highest BCUT2D eigenvalue weighted by atomic mass is 79.9. The zero-order valence-electron chi connectivity index (χ0n) is 10.1. The number of ether oxygens (including phenoxy) is 1. The maximum Gasteiger partial charge on any atom is 0.238 e. The van der Waals surface area contributed by atoms with Gasteiger partial charge in [0, 0.05) is 16.9 Å². The first-order valence-electron chi connectivity index (χ1n) is 5.42. The van der Waals surface area contributed by atoms with E-state index >= 15 is 0 Å². The quantitative estimate of drug-likeness (QED) is 0.947. The van der Waals surface area contributed by atoms with Gasteiger partial charge in [0.15, 0.2) is 0 Å². The van der Waals surface area contributed by atoms with Gasteiger partial charge in [0.2, 0.25) is 5.88 Å². The van der Waals surface area contributed by atoms with Gasteiger partial charge in [-0.05, 0) is 24.1 Å². The third kappa shape index (κ3) is 2.52. The van der Waals surface area contributed by atoms with Crippen LogP contribution in [0.15, 0.2) is 35.1 Å². The largest absolute Gasteiger partial charge is 0.480 e. The van der Waals surface area contributed by atoms with Crippen LogP contribution in [-0.4, -0.2) is 22.2 Å². The highest BCUT2D eigenvalue weighted by Crippen LogP contribution is 2.28. The maximum absolute atomic E-state index is 10.3. The number of aliphatic hydroxyl groups is 1. The van der Waals surface area contributed by atoms with Crippen LogP contribution in [0, 0.1) is 6.92 Å². The first kappa shape index (κ1) is 13.0. The Morgan fingerprint density at radius 2 is 2.00 bits per heavy atom. The molecule has 0 saturated carbocycles. The molecule has 1 unspecified atom stereocenters. The van der Waals surface area contributed by atoms with Crippen LogP contribution in [0.2, 0.25) is 0 Å². The first-order valence-corrected chi connectivity index (χ1v) is 6.21. The van der Waals surface area contributed by atoms with E-state index in [9.17, 15) is 5.11 Å². The van der Waals surface area contributed by atoms with Crippen LogP contribution in [0.3, 0.4) is 0 Å². The summed E-state index contributed by atoms with van der Waals surface area (Å²) in [6.45, 7) is 1.99. The zero-order valence-corrected chi connectivity index (χ0v) is 11.7. The SMILES string of the molecule is COc1nccnc1C(O)c1ccc(C)c(Br)c1. The van der Waals surface area contributed by atoms with Gasteiger partial charge in [-0.1, -0.05) is 28.1 Å². The van der Waals surface area contributed by atoms with Crippen molar-refractivity contribution in [2.24, 2.45) is 0 Å². The van der Waals surface area contributed by atoms with Gasteiger partial charge in [-0.3, -0.25) is 4.98 Å². The molecule has 0 spiro atoms. The monoisotopic (exact) mass is 308 g/mol. The van der Waals surface area contributed by atoms with E-state index in [-0.39, 0.29) is 0 Å². The molecule has 2 aromatic rings. The van der Waals surface area contributed by atoms with Crippen molar-refractivity contribution in [1.82, 2.24) is 9.97 Å². The predicted octanol–water partition coefficient (Wildman–Crippen LogP) is 2.64. The third-order valence-corrected chi connectivity index (χ3v) is 3.51. The molecule has 0 amide bonds. The molecule has 0 aliphatic heterocycles. The van der Waals surface area contributed by atoms with Gasteiger partial charge in [0.05, 0.1) is 7.11 Å². The highest BCUT2D eigenvalue weighted by Gasteiger charge is 2.18. The Labute approximate surface area is 114 Å². The van der Waals surface area contributed by atoms with E-state index in [1.54, 1.807) is 0 Å². The molecular formula is C13H13BrN2O2. The van der Waals surface area contributed by atoms with E-state index in [1.807, 2.05) is 25.1 Å². The Kier molecular flexibility index (Phi) is 3.93. The lowest BCUT2D eigenvalue weighted by Crippen LogP contribution is -2.06. The second-order valence-corrected chi connectivity index (χ2v) is 4.72. The van der Waals surface area contributed by atoms with E-state index in [2.05, 4.69) is 25.9 Å². The molecule has 0 aliphatic carbocycles. The highest BCUT2D eigenvalue weighted by molar-refractivity contribution is 9.10. The zero-order chi connectivity index (χ0) is 13.1. The summed E-state index contributed by atoms with van der Waals surface area (Å²) in [5.41, 5.74) is 2.26. The van der Waals surface area contributed by atoms with E-state index in [4.69, 9.17) is 4.74 Å². The second kappa shape index (κ2) is 5.46. The molecule has 1 N–H and O–H groups in total. The normalized spacial score (nSPS) is 12.2. The number of aromatic nitrogens is 2. The van der Waals surface area contributed by atoms with Gasteiger partial charge >= 0.3 is 0 Å². The molecule has 0 bridgehead atoms. The molecule has 0 fully saturated rings. The Balaban J connectivity index is 2.41. The molecule has 1 aromatic carbocycles. The number of nitrogens with zero attached hydrogens (tertiary/aromatic N) is 2. The maximum atomic E-state index is 10.3. The molecule has 1 heterocycles.